The third kappa shape index (κ3) is 3.29. The van der Waals surface area contributed by atoms with E-state index in [2.05, 4.69) is 22.6 Å². The zero-order valence-electron chi connectivity index (χ0n) is 11.2. The molecule has 1 aromatic heterocycles. The minimum absolute atomic E-state index is 0.396. The number of carbonyl (C=O) groups is 1. The Labute approximate surface area is 150 Å². The van der Waals surface area contributed by atoms with E-state index in [1.807, 2.05) is 30.3 Å². The molecule has 22 heavy (non-hydrogen) atoms. The highest BCUT2D eigenvalue weighted by molar-refractivity contribution is 14.1. The monoisotopic (exact) mass is 439 g/mol. The van der Waals surface area contributed by atoms with Crippen molar-refractivity contribution in [1.29, 1.82) is 0 Å². The van der Waals surface area contributed by atoms with E-state index < -0.39 is 5.97 Å². The van der Waals surface area contributed by atoms with Gasteiger partial charge in [-0.05, 0) is 71.2 Å². The van der Waals surface area contributed by atoms with Crippen molar-refractivity contribution in [2.75, 3.05) is 0 Å². The molecule has 0 aliphatic rings. The molecule has 3 aromatic rings. The predicted octanol–water partition coefficient (Wildman–Crippen LogP) is 5.09. The molecule has 0 saturated carbocycles. The van der Waals surface area contributed by atoms with Crippen LogP contribution in [0.15, 0.2) is 60.0 Å². The second-order valence-corrected chi connectivity index (χ2v) is 7.16. The van der Waals surface area contributed by atoms with Gasteiger partial charge in [-0.1, -0.05) is 18.2 Å². The lowest BCUT2D eigenvalue weighted by Gasteiger charge is -2.09. The van der Waals surface area contributed by atoms with E-state index >= 15 is 0 Å². The lowest BCUT2D eigenvalue weighted by molar-refractivity contribution is 0.0724. The zero-order valence-corrected chi connectivity index (χ0v) is 15.0. The first-order valence-electron chi connectivity index (χ1n) is 6.39. The molecular formula is C16H10INO2S2. The molecule has 0 spiro atoms. The van der Waals surface area contributed by atoms with Gasteiger partial charge in [-0.2, -0.15) is 0 Å². The molecule has 110 valence electrons. The molecule has 6 heteroatoms. The van der Waals surface area contributed by atoms with Gasteiger partial charge in [0, 0.05) is 3.57 Å². The fourth-order valence-corrected chi connectivity index (χ4v) is 3.27. The number of carbonyl (C=O) groups excluding carboxylic acids is 1. The van der Waals surface area contributed by atoms with Crippen LogP contribution < -0.4 is 4.74 Å². The highest BCUT2D eigenvalue weighted by atomic mass is 127. The van der Waals surface area contributed by atoms with Crippen molar-refractivity contribution < 1.29 is 9.53 Å². The van der Waals surface area contributed by atoms with Crippen molar-refractivity contribution in [3.8, 4) is 11.6 Å². The second kappa shape index (κ2) is 6.72. The molecule has 0 amide bonds. The van der Waals surface area contributed by atoms with E-state index in [9.17, 15) is 4.79 Å². The van der Waals surface area contributed by atoms with Crippen LogP contribution in [0.5, 0.6) is 5.88 Å². The highest BCUT2D eigenvalue weighted by Gasteiger charge is 2.13. The van der Waals surface area contributed by atoms with E-state index in [1.54, 1.807) is 34.2 Å². The Morgan fingerprint density at radius 1 is 1.09 bits per heavy atom. The quantitative estimate of drug-likeness (QED) is 0.324. The summed E-state index contributed by atoms with van der Waals surface area (Å²) in [5, 5.41) is 1.75. The van der Waals surface area contributed by atoms with Crippen LogP contribution in [-0.2, 0) is 0 Å². The van der Waals surface area contributed by atoms with Crippen LogP contribution in [-0.4, -0.2) is 10.5 Å². The number of halogens is 1. The molecule has 0 saturated heterocycles. The van der Waals surface area contributed by atoms with E-state index in [0.29, 0.717) is 15.4 Å². The SMILES string of the molecule is O=C(Oc1csc(=S)n1-c1ccc(I)cc1)c1ccccc1. The molecule has 0 atom stereocenters. The van der Waals surface area contributed by atoms with Crippen LogP contribution in [0, 0.1) is 7.52 Å². The minimum Gasteiger partial charge on any atom is -0.404 e. The van der Waals surface area contributed by atoms with Gasteiger partial charge in [0.25, 0.3) is 0 Å². The summed E-state index contributed by atoms with van der Waals surface area (Å²) in [5.74, 6) is 0.0396. The van der Waals surface area contributed by atoms with E-state index in [1.165, 1.54) is 11.3 Å². The van der Waals surface area contributed by atoms with Gasteiger partial charge in [-0.25, -0.2) is 4.79 Å². The maximum absolute atomic E-state index is 12.2. The number of nitrogens with zero attached hydrogens (tertiary/aromatic N) is 1. The first kappa shape index (κ1) is 15.4. The molecule has 0 fully saturated rings. The first-order valence-corrected chi connectivity index (χ1v) is 8.75. The average Bonchev–Trinajstić information content (AvgIpc) is 2.90. The number of ether oxygens (including phenoxy) is 1. The minimum atomic E-state index is -0.396. The van der Waals surface area contributed by atoms with Crippen LogP contribution in [0.2, 0.25) is 0 Å². The molecule has 2 aromatic carbocycles. The highest BCUT2D eigenvalue weighted by Crippen LogP contribution is 2.25. The van der Waals surface area contributed by atoms with Gasteiger partial charge in [-0.15, -0.1) is 11.3 Å². The Kier molecular flexibility index (Phi) is 4.70. The molecular weight excluding hydrogens is 429 g/mol. The summed E-state index contributed by atoms with van der Waals surface area (Å²) in [4.78, 5) is 12.2. The lowest BCUT2D eigenvalue weighted by Crippen LogP contribution is -2.11. The van der Waals surface area contributed by atoms with Crippen LogP contribution in [0.3, 0.4) is 0 Å². The maximum Gasteiger partial charge on any atom is 0.344 e. The van der Waals surface area contributed by atoms with Crippen LogP contribution in [0.1, 0.15) is 10.4 Å². The van der Waals surface area contributed by atoms with Gasteiger partial charge in [0.15, 0.2) is 3.95 Å². The smallest absolute Gasteiger partial charge is 0.344 e. The van der Waals surface area contributed by atoms with Crippen LogP contribution in [0.25, 0.3) is 5.69 Å². The first-order chi connectivity index (χ1) is 10.6. The Hall–Kier alpha value is -1.51. The zero-order chi connectivity index (χ0) is 15.5. The molecule has 3 rings (SSSR count). The molecule has 0 aliphatic heterocycles. The van der Waals surface area contributed by atoms with E-state index in [0.717, 1.165) is 9.26 Å². The lowest BCUT2D eigenvalue weighted by atomic mass is 10.2. The number of esters is 1. The predicted molar refractivity (Wildman–Crippen MR) is 98.6 cm³/mol. The Morgan fingerprint density at radius 2 is 1.77 bits per heavy atom. The third-order valence-electron chi connectivity index (χ3n) is 2.96. The number of rotatable bonds is 3. The van der Waals surface area contributed by atoms with E-state index in [4.69, 9.17) is 17.0 Å². The molecule has 0 unspecified atom stereocenters. The average molecular weight is 439 g/mol. The Bertz CT molecular complexity index is 854. The molecule has 0 aliphatic carbocycles. The van der Waals surface area contributed by atoms with Gasteiger partial charge in [0.05, 0.1) is 16.6 Å². The van der Waals surface area contributed by atoms with Gasteiger partial charge < -0.3 is 4.74 Å². The summed E-state index contributed by atoms with van der Waals surface area (Å²) in [6, 6.07) is 16.8. The van der Waals surface area contributed by atoms with Gasteiger partial charge >= 0.3 is 5.97 Å². The normalized spacial score (nSPS) is 10.4. The number of hydrogen-bond acceptors (Lipinski definition) is 4. The van der Waals surface area contributed by atoms with Gasteiger partial charge in [0.1, 0.15) is 0 Å². The fourth-order valence-electron chi connectivity index (χ4n) is 1.92. The Balaban J connectivity index is 1.94. The number of benzene rings is 2. The molecule has 1 heterocycles. The van der Waals surface area contributed by atoms with E-state index in [-0.39, 0.29) is 0 Å². The van der Waals surface area contributed by atoms with Crippen molar-refractivity contribution in [3.63, 3.8) is 0 Å². The topological polar surface area (TPSA) is 31.2 Å². The Morgan fingerprint density at radius 3 is 2.45 bits per heavy atom. The molecule has 3 nitrogen and oxygen atoms in total. The summed E-state index contributed by atoms with van der Waals surface area (Å²) in [6.45, 7) is 0. The maximum atomic E-state index is 12.2. The van der Waals surface area contributed by atoms with Gasteiger partial charge in [-0.3, -0.25) is 4.57 Å². The van der Waals surface area contributed by atoms with Crippen molar-refractivity contribution >= 4 is 52.1 Å². The van der Waals surface area contributed by atoms with Crippen LogP contribution >= 0.6 is 46.1 Å². The largest absolute Gasteiger partial charge is 0.404 e. The molecule has 0 N–H and O–H groups in total. The standard InChI is InChI=1S/C16H10INO2S2/c17-12-6-8-13(9-7-12)18-14(10-22-16(18)21)20-15(19)11-4-2-1-3-5-11/h1-10H. The van der Waals surface area contributed by atoms with Gasteiger partial charge in [0.2, 0.25) is 5.88 Å². The summed E-state index contributed by atoms with van der Waals surface area (Å²) in [7, 11) is 0. The van der Waals surface area contributed by atoms with Crippen molar-refractivity contribution in [2.24, 2.45) is 0 Å². The van der Waals surface area contributed by atoms with Crippen molar-refractivity contribution in [3.05, 3.63) is 73.1 Å². The number of aromatic nitrogens is 1. The van der Waals surface area contributed by atoms with Crippen LogP contribution in [0.4, 0.5) is 0 Å². The molecule has 0 radical (unpaired) electrons. The van der Waals surface area contributed by atoms with Crippen molar-refractivity contribution in [1.82, 2.24) is 4.57 Å². The fraction of sp³-hybridized carbons (Fsp3) is 0. The third-order valence-corrected chi connectivity index (χ3v) is 4.85. The molecule has 0 bridgehead atoms. The summed E-state index contributed by atoms with van der Waals surface area (Å²) in [6.07, 6.45) is 0. The number of thiazole rings is 1. The summed E-state index contributed by atoms with van der Waals surface area (Å²) >= 11 is 8.95. The number of hydrogen-bond donors (Lipinski definition) is 0. The summed E-state index contributed by atoms with van der Waals surface area (Å²) in [5.41, 5.74) is 1.39. The second-order valence-electron chi connectivity index (χ2n) is 4.41. The summed E-state index contributed by atoms with van der Waals surface area (Å²) < 4.78 is 9.03. The van der Waals surface area contributed by atoms with Crippen molar-refractivity contribution in [2.45, 2.75) is 0 Å².